The summed E-state index contributed by atoms with van der Waals surface area (Å²) in [6.45, 7) is 1.39. The molecule has 0 bridgehead atoms. The highest BCUT2D eigenvalue weighted by Crippen LogP contribution is 2.50. The summed E-state index contributed by atoms with van der Waals surface area (Å²) in [7, 11) is 0. The molecule has 3 aliphatic rings. The monoisotopic (exact) mass is 349 g/mol. The van der Waals surface area contributed by atoms with Crippen LogP contribution >= 0.6 is 0 Å². The number of hydrogen-bond acceptors (Lipinski definition) is 2. The molecule has 3 nitrogen and oxygen atoms in total. The largest absolute Gasteiger partial charge is 0.375 e. The van der Waals surface area contributed by atoms with Gasteiger partial charge in [0.2, 0.25) is 5.91 Å². The van der Waals surface area contributed by atoms with Gasteiger partial charge < -0.3 is 9.64 Å². The van der Waals surface area contributed by atoms with Crippen molar-refractivity contribution in [3.63, 3.8) is 0 Å². The van der Waals surface area contributed by atoms with Crippen molar-refractivity contribution < 1.29 is 18.3 Å². The van der Waals surface area contributed by atoms with Crippen LogP contribution in [0.25, 0.3) is 0 Å². The second-order valence-electron chi connectivity index (χ2n) is 7.65. The zero-order chi connectivity index (χ0) is 17.4. The van der Waals surface area contributed by atoms with Crippen LogP contribution in [0.1, 0.15) is 56.4 Å². The molecule has 2 saturated carbocycles. The van der Waals surface area contributed by atoms with E-state index in [-0.39, 0.29) is 29.4 Å². The molecule has 5 heteroatoms. The van der Waals surface area contributed by atoms with Gasteiger partial charge in [0.25, 0.3) is 0 Å². The van der Waals surface area contributed by atoms with Gasteiger partial charge >= 0.3 is 0 Å². The van der Waals surface area contributed by atoms with E-state index in [9.17, 15) is 13.6 Å². The number of piperidine rings is 1. The number of carbonyl (C=O) groups is 1. The number of halogens is 2. The quantitative estimate of drug-likeness (QED) is 0.822. The number of likely N-dealkylation sites (tertiary alicyclic amines) is 1. The Morgan fingerprint density at radius 3 is 2.24 bits per heavy atom. The van der Waals surface area contributed by atoms with Gasteiger partial charge in [-0.2, -0.15) is 0 Å². The van der Waals surface area contributed by atoms with Crippen molar-refractivity contribution in [2.24, 2.45) is 5.92 Å². The first kappa shape index (κ1) is 17.0. The standard InChI is InChI=1S/C20H25F2NO2/c21-17-6-3-7-18(22)19(17)15-12-16(15)20(24)23-10-8-14(9-11-23)25-13-4-1-2-5-13/h3,6-7,13-16H,1-2,4-5,8-12H2. The van der Waals surface area contributed by atoms with E-state index in [2.05, 4.69) is 0 Å². The van der Waals surface area contributed by atoms with Crippen LogP contribution < -0.4 is 0 Å². The average molecular weight is 349 g/mol. The van der Waals surface area contributed by atoms with E-state index in [1.165, 1.54) is 31.0 Å². The Hall–Kier alpha value is -1.49. The molecule has 1 heterocycles. The lowest BCUT2D eigenvalue weighted by molar-refractivity contribution is -0.136. The summed E-state index contributed by atoms with van der Waals surface area (Å²) in [5.41, 5.74) is 0.0836. The van der Waals surface area contributed by atoms with Crippen molar-refractivity contribution in [1.82, 2.24) is 4.90 Å². The first-order valence-corrected chi connectivity index (χ1v) is 9.51. The van der Waals surface area contributed by atoms with E-state index in [1.807, 2.05) is 4.90 Å². The van der Waals surface area contributed by atoms with E-state index in [0.29, 0.717) is 25.6 Å². The van der Waals surface area contributed by atoms with Gasteiger partial charge in [0.15, 0.2) is 0 Å². The van der Waals surface area contributed by atoms with Gasteiger partial charge in [-0.3, -0.25) is 4.79 Å². The SMILES string of the molecule is O=C(C1CC1c1c(F)cccc1F)N1CCC(OC2CCCC2)CC1. The number of hydrogen-bond donors (Lipinski definition) is 0. The fourth-order valence-corrected chi connectivity index (χ4v) is 4.40. The summed E-state index contributed by atoms with van der Waals surface area (Å²) in [5, 5.41) is 0. The van der Waals surface area contributed by atoms with E-state index >= 15 is 0 Å². The van der Waals surface area contributed by atoms with E-state index in [4.69, 9.17) is 4.74 Å². The zero-order valence-corrected chi connectivity index (χ0v) is 14.4. The third-order valence-electron chi connectivity index (χ3n) is 5.92. The molecule has 0 aromatic heterocycles. The Labute approximate surface area is 147 Å². The van der Waals surface area contributed by atoms with Crippen LogP contribution in [0, 0.1) is 17.6 Å². The molecule has 1 amide bonds. The predicted molar refractivity (Wildman–Crippen MR) is 90.1 cm³/mol. The normalized spacial score (nSPS) is 27.7. The summed E-state index contributed by atoms with van der Waals surface area (Å²) in [4.78, 5) is 14.5. The molecule has 1 saturated heterocycles. The maximum absolute atomic E-state index is 13.9. The molecular formula is C20H25F2NO2. The molecule has 1 aliphatic heterocycles. The van der Waals surface area contributed by atoms with Crippen molar-refractivity contribution in [3.8, 4) is 0 Å². The molecule has 1 aromatic rings. The second-order valence-corrected chi connectivity index (χ2v) is 7.65. The predicted octanol–water partition coefficient (Wildman–Crippen LogP) is 4.02. The number of amides is 1. The van der Waals surface area contributed by atoms with Crippen molar-refractivity contribution >= 4 is 5.91 Å². The Balaban J connectivity index is 1.30. The molecule has 25 heavy (non-hydrogen) atoms. The molecule has 3 fully saturated rings. The zero-order valence-electron chi connectivity index (χ0n) is 14.4. The third kappa shape index (κ3) is 3.57. The lowest BCUT2D eigenvalue weighted by atomic mass is 10.0. The van der Waals surface area contributed by atoms with Crippen LogP contribution in [0.2, 0.25) is 0 Å². The lowest BCUT2D eigenvalue weighted by Gasteiger charge is -2.33. The fourth-order valence-electron chi connectivity index (χ4n) is 4.40. The summed E-state index contributed by atoms with van der Waals surface area (Å²) >= 11 is 0. The van der Waals surface area contributed by atoms with Crippen LogP contribution in [0.5, 0.6) is 0 Å². The van der Waals surface area contributed by atoms with Crippen LogP contribution in [0.4, 0.5) is 8.78 Å². The van der Waals surface area contributed by atoms with Gasteiger partial charge in [0.1, 0.15) is 11.6 Å². The van der Waals surface area contributed by atoms with E-state index < -0.39 is 11.6 Å². The Bertz CT molecular complexity index is 616. The van der Waals surface area contributed by atoms with Gasteiger partial charge in [-0.1, -0.05) is 18.9 Å². The summed E-state index contributed by atoms with van der Waals surface area (Å²) in [6, 6.07) is 3.90. The molecular weight excluding hydrogens is 324 g/mol. The maximum Gasteiger partial charge on any atom is 0.226 e. The number of benzene rings is 1. The van der Waals surface area contributed by atoms with Crippen LogP contribution in [0.15, 0.2) is 18.2 Å². The molecule has 136 valence electrons. The van der Waals surface area contributed by atoms with Gasteiger partial charge in [-0.05, 0) is 44.2 Å². The summed E-state index contributed by atoms with van der Waals surface area (Å²) < 4.78 is 33.9. The molecule has 1 aromatic carbocycles. The molecule has 2 aliphatic carbocycles. The number of ether oxygens (including phenoxy) is 1. The summed E-state index contributed by atoms with van der Waals surface area (Å²) in [5.74, 6) is -1.60. The third-order valence-corrected chi connectivity index (χ3v) is 5.92. The highest BCUT2D eigenvalue weighted by Gasteiger charge is 2.48. The topological polar surface area (TPSA) is 29.5 Å². The maximum atomic E-state index is 13.9. The average Bonchev–Trinajstić information content (AvgIpc) is 3.21. The smallest absolute Gasteiger partial charge is 0.226 e. The number of carbonyl (C=O) groups excluding carboxylic acids is 1. The number of nitrogens with zero attached hydrogens (tertiary/aromatic N) is 1. The van der Waals surface area contributed by atoms with Crippen LogP contribution in [-0.4, -0.2) is 36.1 Å². The molecule has 0 N–H and O–H groups in total. The Morgan fingerprint density at radius 2 is 1.60 bits per heavy atom. The Kier molecular flexibility index (Phi) is 4.76. The highest BCUT2D eigenvalue weighted by molar-refractivity contribution is 5.83. The minimum absolute atomic E-state index is 0.0481. The molecule has 0 spiro atoms. The molecule has 0 radical (unpaired) electrons. The van der Waals surface area contributed by atoms with E-state index in [0.717, 1.165) is 25.7 Å². The first-order valence-electron chi connectivity index (χ1n) is 9.51. The van der Waals surface area contributed by atoms with Gasteiger partial charge in [-0.25, -0.2) is 8.78 Å². The molecule has 4 rings (SSSR count). The minimum atomic E-state index is -0.538. The van der Waals surface area contributed by atoms with Gasteiger partial charge in [0, 0.05) is 30.5 Å². The van der Waals surface area contributed by atoms with Crippen molar-refractivity contribution in [2.45, 2.75) is 63.1 Å². The van der Waals surface area contributed by atoms with Crippen molar-refractivity contribution in [2.75, 3.05) is 13.1 Å². The fraction of sp³-hybridized carbons (Fsp3) is 0.650. The Morgan fingerprint density at radius 1 is 1.00 bits per heavy atom. The van der Waals surface area contributed by atoms with Gasteiger partial charge in [-0.15, -0.1) is 0 Å². The van der Waals surface area contributed by atoms with Gasteiger partial charge in [0.05, 0.1) is 12.2 Å². The minimum Gasteiger partial charge on any atom is -0.375 e. The van der Waals surface area contributed by atoms with Crippen molar-refractivity contribution in [1.29, 1.82) is 0 Å². The first-order chi connectivity index (χ1) is 12.1. The van der Waals surface area contributed by atoms with Crippen LogP contribution in [0.3, 0.4) is 0 Å². The van der Waals surface area contributed by atoms with E-state index in [1.54, 1.807) is 0 Å². The van der Waals surface area contributed by atoms with Crippen molar-refractivity contribution in [3.05, 3.63) is 35.4 Å². The summed E-state index contributed by atoms with van der Waals surface area (Å²) in [6.07, 6.45) is 7.80. The lowest BCUT2D eigenvalue weighted by Crippen LogP contribution is -2.42. The number of rotatable bonds is 4. The molecule has 2 unspecified atom stereocenters. The van der Waals surface area contributed by atoms with Crippen LogP contribution in [-0.2, 0) is 9.53 Å². The molecule has 2 atom stereocenters. The second kappa shape index (κ2) is 7.02. The highest BCUT2D eigenvalue weighted by atomic mass is 19.1.